The lowest BCUT2D eigenvalue weighted by molar-refractivity contribution is -0.132. The van der Waals surface area contributed by atoms with Crippen LogP contribution in [0.2, 0.25) is 0 Å². The summed E-state index contributed by atoms with van der Waals surface area (Å²) in [5, 5.41) is 3.26. The number of anilines is 2. The summed E-state index contributed by atoms with van der Waals surface area (Å²) in [6.07, 6.45) is 3.91. The Morgan fingerprint density at radius 1 is 1.06 bits per heavy atom. The fourth-order valence-electron chi connectivity index (χ4n) is 4.06. The monoisotopic (exact) mass is 418 g/mol. The molecule has 1 aliphatic rings. The van der Waals surface area contributed by atoms with Gasteiger partial charge in [-0.2, -0.15) is 0 Å². The van der Waals surface area contributed by atoms with Crippen LogP contribution in [-0.4, -0.2) is 27.3 Å². The average Bonchev–Trinajstić information content (AvgIpc) is 3.25. The molecule has 1 fully saturated rings. The lowest BCUT2D eigenvalue weighted by atomic mass is 10.1. The minimum atomic E-state index is -0.234. The van der Waals surface area contributed by atoms with Crippen LogP contribution in [0.4, 0.5) is 16.0 Å². The van der Waals surface area contributed by atoms with Gasteiger partial charge in [0.2, 0.25) is 5.91 Å². The van der Waals surface area contributed by atoms with Crippen molar-refractivity contribution in [3.8, 4) is 0 Å². The Labute approximate surface area is 182 Å². The summed E-state index contributed by atoms with van der Waals surface area (Å²) in [6, 6.07) is 18.2. The molecule has 31 heavy (non-hydrogen) atoms. The fourth-order valence-corrected chi connectivity index (χ4v) is 4.06. The van der Waals surface area contributed by atoms with Gasteiger partial charge in [0, 0.05) is 18.7 Å². The topological polar surface area (TPSA) is 58.1 Å². The number of carbonyl (C=O) groups is 1. The molecular weight excluding hydrogens is 391 g/mol. The molecule has 4 rings (SSSR count). The van der Waals surface area contributed by atoms with Crippen molar-refractivity contribution in [1.82, 2.24) is 14.9 Å². The third kappa shape index (κ3) is 5.45. The number of carbonyl (C=O) groups excluding carboxylic acids is 1. The van der Waals surface area contributed by atoms with E-state index in [2.05, 4.69) is 10.3 Å². The number of hydrogen-bond donors (Lipinski definition) is 1. The van der Waals surface area contributed by atoms with Crippen molar-refractivity contribution in [3.63, 3.8) is 0 Å². The lowest BCUT2D eigenvalue weighted by Crippen LogP contribution is -2.30. The van der Waals surface area contributed by atoms with Crippen molar-refractivity contribution in [2.24, 2.45) is 0 Å². The van der Waals surface area contributed by atoms with E-state index in [1.54, 1.807) is 12.1 Å². The number of amides is 1. The van der Waals surface area contributed by atoms with E-state index >= 15 is 0 Å². The van der Waals surface area contributed by atoms with Crippen molar-refractivity contribution in [3.05, 3.63) is 83.4 Å². The van der Waals surface area contributed by atoms with Gasteiger partial charge in [-0.15, -0.1) is 0 Å². The maximum Gasteiger partial charge on any atom is 0.223 e. The highest BCUT2D eigenvalue weighted by molar-refractivity contribution is 5.77. The van der Waals surface area contributed by atoms with Crippen LogP contribution in [0.5, 0.6) is 0 Å². The standard InChI is InChI=1S/C25H27FN4O/c1-18-6-2-10-23(27-18)29-24-11-4-8-21(28-24)22-9-5-17-30(22)25(31)12-3-7-19-13-15-20(26)16-14-19/h2,4,6,8,10-11,13-16,22H,3,5,7,9,12,17H2,1H3,(H,27,28,29). The van der Waals surface area contributed by atoms with Crippen LogP contribution in [0.3, 0.4) is 0 Å². The Morgan fingerprint density at radius 2 is 1.81 bits per heavy atom. The predicted molar refractivity (Wildman–Crippen MR) is 120 cm³/mol. The smallest absolute Gasteiger partial charge is 0.223 e. The summed E-state index contributed by atoms with van der Waals surface area (Å²) in [5.41, 5.74) is 2.90. The Kier molecular flexibility index (Phi) is 6.55. The Bertz CT molecular complexity index is 1040. The highest BCUT2D eigenvalue weighted by atomic mass is 19.1. The highest BCUT2D eigenvalue weighted by Crippen LogP contribution is 2.32. The maximum atomic E-state index is 13.0. The van der Waals surface area contributed by atoms with E-state index in [4.69, 9.17) is 4.98 Å². The number of aromatic nitrogens is 2. The summed E-state index contributed by atoms with van der Waals surface area (Å²) in [7, 11) is 0. The van der Waals surface area contributed by atoms with Crippen molar-refractivity contribution in [2.75, 3.05) is 11.9 Å². The first-order chi connectivity index (χ1) is 15.1. The number of rotatable bonds is 7. The van der Waals surface area contributed by atoms with Gasteiger partial charge in [-0.25, -0.2) is 14.4 Å². The zero-order chi connectivity index (χ0) is 21.6. The number of pyridine rings is 2. The van der Waals surface area contributed by atoms with Gasteiger partial charge in [0.05, 0.1) is 11.7 Å². The van der Waals surface area contributed by atoms with Crippen molar-refractivity contribution in [1.29, 1.82) is 0 Å². The molecule has 3 heterocycles. The van der Waals surface area contributed by atoms with E-state index in [0.29, 0.717) is 6.42 Å². The van der Waals surface area contributed by atoms with Crippen LogP contribution in [-0.2, 0) is 11.2 Å². The molecule has 1 saturated heterocycles. The largest absolute Gasteiger partial charge is 0.334 e. The molecule has 0 aliphatic carbocycles. The molecule has 0 bridgehead atoms. The van der Waals surface area contributed by atoms with Gasteiger partial charge < -0.3 is 10.2 Å². The SMILES string of the molecule is Cc1cccc(Nc2cccc(C3CCCN3C(=O)CCCc3ccc(F)cc3)n2)n1. The van der Waals surface area contributed by atoms with E-state index in [-0.39, 0.29) is 17.8 Å². The first-order valence-electron chi connectivity index (χ1n) is 10.8. The number of nitrogens with zero attached hydrogens (tertiary/aromatic N) is 3. The molecule has 1 amide bonds. The average molecular weight is 419 g/mol. The van der Waals surface area contributed by atoms with Crippen molar-refractivity contribution >= 4 is 17.5 Å². The number of aryl methyl sites for hydroxylation is 2. The summed E-state index contributed by atoms with van der Waals surface area (Å²) in [4.78, 5) is 24.1. The first-order valence-corrected chi connectivity index (χ1v) is 10.8. The maximum absolute atomic E-state index is 13.0. The number of likely N-dealkylation sites (tertiary alicyclic amines) is 1. The van der Waals surface area contributed by atoms with Gasteiger partial charge in [0.15, 0.2) is 0 Å². The second kappa shape index (κ2) is 9.69. The minimum Gasteiger partial charge on any atom is -0.334 e. The van der Waals surface area contributed by atoms with Crippen molar-refractivity contribution < 1.29 is 9.18 Å². The molecule has 0 spiro atoms. The second-order valence-electron chi connectivity index (χ2n) is 7.96. The first kappa shape index (κ1) is 21.0. The van der Waals surface area contributed by atoms with Crippen molar-refractivity contribution in [2.45, 2.75) is 45.1 Å². The predicted octanol–water partition coefficient (Wildman–Crippen LogP) is 5.35. The molecule has 1 unspecified atom stereocenters. The van der Waals surface area contributed by atoms with E-state index in [9.17, 15) is 9.18 Å². The van der Waals surface area contributed by atoms with E-state index in [1.165, 1.54) is 12.1 Å². The number of benzene rings is 1. The van der Waals surface area contributed by atoms with Gasteiger partial charge in [-0.1, -0.05) is 24.3 Å². The normalized spacial score (nSPS) is 15.8. The Morgan fingerprint density at radius 3 is 2.58 bits per heavy atom. The number of halogens is 1. The molecule has 1 aromatic carbocycles. The lowest BCUT2D eigenvalue weighted by Gasteiger charge is -2.25. The molecule has 1 atom stereocenters. The van der Waals surface area contributed by atoms with Gasteiger partial charge >= 0.3 is 0 Å². The molecule has 3 aromatic rings. The van der Waals surface area contributed by atoms with E-state index in [1.807, 2.05) is 48.2 Å². The third-order valence-electron chi connectivity index (χ3n) is 5.60. The summed E-state index contributed by atoms with van der Waals surface area (Å²) in [6.45, 7) is 2.71. The molecule has 2 aromatic heterocycles. The molecular formula is C25H27FN4O. The van der Waals surface area contributed by atoms with Crippen LogP contribution in [0, 0.1) is 12.7 Å². The molecule has 0 radical (unpaired) electrons. The van der Waals surface area contributed by atoms with Crippen LogP contribution in [0.25, 0.3) is 0 Å². The van der Waals surface area contributed by atoms with Crippen LogP contribution in [0.1, 0.15) is 48.7 Å². The zero-order valence-electron chi connectivity index (χ0n) is 17.7. The summed E-state index contributed by atoms with van der Waals surface area (Å²) >= 11 is 0. The van der Waals surface area contributed by atoms with Crippen LogP contribution in [0.15, 0.2) is 60.7 Å². The number of nitrogens with one attached hydrogen (secondary N) is 1. The molecule has 6 heteroatoms. The summed E-state index contributed by atoms with van der Waals surface area (Å²) in [5.74, 6) is 1.41. The molecule has 5 nitrogen and oxygen atoms in total. The molecule has 1 N–H and O–H groups in total. The van der Waals surface area contributed by atoms with Gasteiger partial charge in [0.25, 0.3) is 0 Å². The summed E-state index contributed by atoms with van der Waals surface area (Å²) < 4.78 is 13.0. The van der Waals surface area contributed by atoms with Crippen LogP contribution >= 0.6 is 0 Å². The molecule has 0 saturated carbocycles. The van der Waals surface area contributed by atoms with Gasteiger partial charge in [0.1, 0.15) is 17.5 Å². The Balaban J connectivity index is 1.38. The zero-order valence-corrected chi connectivity index (χ0v) is 17.7. The van der Waals surface area contributed by atoms with E-state index in [0.717, 1.165) is 60.8 Å². The minimum absolute atomic E-state index is 0.00513. The quantitative estimate of drug-likeness (QED) is 0.562. The molecule has 1 aliphatic heterocycles. The number of hydrogen-bond acceptors (Lipinski definition) is 4. The molecule has 160 valence electrons. The highest BCUT2D eigenvalue weighted by Gasteiger charge is 2.30. The second-order valence-corrected chi connectivity index (χ2v) is 7.96. The Hall–Kier alpha value is -3.28. The third-order valence-corrected chi connectivity index (χ3v) is 5.60. The van der Waals surface area contributed by atoms with Gasteiger partial charge in [-0.05, 0) is 74.6 Å². The van der Waals surface area contributed by atoms with Crippen LogP contribution < -0.4 is 5.32 Å². The van der Waals surface area contributed by atoms with Gasteiger partial charge in [-0.3, -0.25) is 4.79 Å². The fraction of sp³-hybridized carbons (Fsp3) is 0.320. The van der Waals surface area contributed by atoms with E-state index < -0.39 is 0 Å².